The van der Waals surface area contributed by atoms with Crippen molar-refractivity contribution in [1.82, 2.24) is 0 Å². The Balaban J connectivity index is 2.00. The Bertz CT molecular complexity index is 1180. The number of aliphatic hydroxyl groups is 1. The summed E-state index contributed by atoms with van der Waals surface area (Å²) in [7, 11) is 0. The summed E-state index contributed by atoms with van der Waals surface area (Å²) in [5.41, 5.74) is 17.4. The molecule has 0 bridgehead atoms. The maximum absolute atomic E-state index is 13.5. The van der Waals surface area contributed by atoms with Crippen LogP contribution < -0.4 is 21.9 Å². The lowest BCUT2D eigenvalue weighted by Crippen LogP contribution is -2.09. The molecule has 10 heteroatoms. The van der Waals surface area contributed by atoms with Crippen LogP contribution >= 0.6 is 0 Å². The van der Waals surface area contributed by atoms with E-state index in [2.05, 4.69) is 0 Å². The average Bonchev–Trinajstić information content (AvgIpc) is 3.13. The fraction of sp³-hybridized carbons (Fsp3) is 0.333. The number of ketones is 1. The van der Waals surface area contributed by atoms with Crippen molar-refractivity contribution in [3.8, 4) is 17.2 Å². The standard InChI is InChI=1S/C24H29N3O7/c25-15-9-13(10-16(26)24(15)32)23(31)22-14-11-17(29)20(33-8-4-7-28)12-19(14)34-18(22)5-2-1-3-6-21(27)30/h9-12,28-29,32H,1-8,25-26H2,(H2,27,30). The quantitative estimate of drug-likeness (QED) is 0.0995. The molecule has 0 aliphatic rings. The number of aryl methyl sites for hydroxylation is 1. The van der Waals surface area contributed by atoms with Crippen molar-refractivity contribution >= 4 is 34.0 Å². The van der Waals surface area contributed by atoms with Crippen LogP contribution in [0.2, 0.25) is 0 Å². The highest BCUT2D eigenvalue weighted by molar-refractivity contribution is 6.18. The van der Waals surface area contributed by atoms with E-state index < -0.39 is 5.78 Å². The normalized spacial score (nSPS) is 11.1. The zero-order valence-corrected chi connectivity index (χ0v) is 18.7. The molecule has 10 nitrogen and oxygen atoms in total. The first-order valence-corrected chi connectivity index (χ1v) is 11.0. The molecule has 1 heterocycles. The second kappa shape index (κ2) is 10.8. The molecule has 0 unspecified atom stereocenters. The van der Waals surface area contributed by atoms with Crippen LogP contribution in [-0.2, 0) is 11.2 Å². The van der Waals surface area contributed by atoms with E-state index in [0.717, 1.165) is 0 Å². The molecule has 34 heavy (non-hydrogen) atoms. The van der Waals surface area contributed by atoms with Crippen molar-refractivity contribution in [2.24, 2.45) is 5.73 Å². The number of anilines is 2. The number of aromatic hydroxyl groups is 2. The van der Waals surface area contributed by atoms with E-state index in [1.807, 2.05) is 0 Å². The van der Waals surface area contributed by atoms with E-state index in [1.165, 1.54) is 24.3 Å². The highest BCUT2D eigenvalue weighted by Crippen LogP contribution is 2.38. The summed E-state index contributed by atoms with van der Waals surface area (Å²) >= 11 is 0. The SMILES string of the molecule is NC(=O)CCCCCc1oc2cc(OCCCO)c(O)cc2c1C(=O)c1cc(N)c(O)c(N)c1. The van der Waals surface area contributed by atoms with Gasteiger partial charge in [-0.1, -0.05) is 6.42 Å². The summed E-state index contributed by atoms with van der Waals surface area (Å²) in [6, 6.07) is 5.55. The predicted octanol–water partition coefficient (Wildman–Crippen LogP) is 2.59. The summed E-state index contributed by atoms with van der Waals surface area (Å²) in [6.45, 7) is 0.141. The Morgan fingerprint density at radius 2 is 1.68 bits per heavy atom. The summed E-state index contributed by atoms with van der Waals surface area (Å²) < 4.78 is 11.5. The molecular formula is C24H29N3O7. The number of primary amides is 1. The summed E-state index contributed by atoms with van der Waals surface area (Å²) in [5, 5.41) is 29.6. The Labute approximate surface area is 195 Å². The number of ether oxygens (including phenoxy) is 1. The van der Waals surface area contributed by atoms with E-state index in [-0.39, 0.29) is 65.3 Å². The van der Waals surface area contributed by atoms with E-state index in [4.69, 9.17) is 31.5 Å². The zero-order valence-electron chi connectivity index (χ0n) is 18.7. The Hall–Kier alpha value is -3.92. The number of furan rings is 1. The summed E-state index contributed by atoms with van der Waals surface area (Å²) in [6.07, 6.45) is 3.03. The third kappa shape index (κ3) is 5.52. The molecule has 3 rings (SSSR count). The largest absolute Gasteiger partial charge is 0.504 e. The van der Waals surface area contributed by atoms with Crippen LogP contribution in [0.3, 0.4) is 0 Å². The van der Waals surface area contributed by atoms with E-state index in [0.29, 0.717) is 48.8 Å². The molecule has 1 amide bonds. The van der Waals surface area contributed by atoms with Crippen molar-refractivity contribution in [3.63, 3.8) is 0 Å². The maximum atomic E-state index is 13.5. The Kier molecular flexibility index (Phi) is 7.85. The van der Waals surface area contributed by atoms with Crippen LogP contribution in [-0.4, -0.2) is 40.2 Å². The number of carbonyl (C=O) groups is 2. The van der Waals surface area contributed by atoms with Crippen LogP contribution in [0.5, 0.6) is 17.2 Å². The zero-order chi connectivity index (χ0) is 24.8. The number of carbonyl (C=O) groups excluding carboxylic acids is 2. The van der Waals surface area contributed by atoms with Crippen LogP contribution in [0.15, 0.2) is 28.7 Å². The van der Waals surface area contributed by atoms with Crippen molar-refractivity contribution in [3.05, 3.63) is 41.2 Å². The van der Waals surface area contributed by atoms with Gasteiger partial charge in [0.15, 0.2) is 23.0 Å². The molecule has 0 aliphatic carbocycles. The van der Waals surface area contributed by atoms with E-state index >= 15 is 0 Å². The molecule has 9 N–H and O–H groups in total. The lowest BCUT2D eigenvalue weighted by atomic mass is 9.97. The smallest absolute Gasteiger partial charge is 0.217 e. The minimum absolute atomic E-state index is 0.0356. The fourth-order valence-electron chi connectivity index (χ4n) is 3.67. The third-order valence-corrected chi connectivity index (χ3v) is 5.39. The van der Waals surface area contributed by atoms with Crippen LogP contribution in [0.1, 0.15) is 53.8 Å². The number of hydrogen-bond acceptors (Lipinski definition) is 9. The molecule has 0 saturated heterocycles. The number of amides is 1. The van der Waals surface area contributed by atoms with E-state index in [1.54, 1.807) is 0 Å². The highest BCUT2D eigenvalue weighted by Gasteiger charge is 2.25. The number of phenols is 2. The van der Waals surface area contributed by atoms with Crippen LogP contribution in [0, 0.1) is 0 Å². The lowest BCUT2D eigenvalue weighted by Gasteiger charge is -2.09. The number of fused-ring (bicyclic) bond motifs is 1. The number of rotatable bonds is 12. The molecule has 0 atom stereocenters. The third-order valence-electron chi connectivity index (χ3n) is 5.39. The Morgan fingerprint density at radius 1 is 0.971 bits per heavy atom. The number of phenolic OH excluding ortho intramolecular Hbond substituents is 2. The number of unbranched alkanes of at least 4 members (excludes halogenated alkanes) is 2. The van der Waals surface area contributed by atoms with Gasteiger partial charge in [-0.3, -0.25) is 9.59 Å². The van der Waals surface area contributed by atoms with E-state index in [9.17, 15) is 19.8 Å². The van der Waals surface area contributed by atoms with Gasteiger partial charge in [-0.2, -0.15) is 0 Å². The first-order valence-electron chi connectivity index (χ1n) is 11.0. The van der Waals surface area contributed by atoms with Gasteiger partial charge in [0.2, 0.25) is 5.91 Å². The van der Waals surface area contributed by atoms with Gasteiger partial charge in [0.1, 0.15) is 11.3 Å². The monoisotopic (exact) mass is 471 g/mol. The van der Waals surface area contributed by atoms with Crippen LogP contribution in [0.4, 0.5) is 11.4 Å². The second-order valence-electron chi connectivity index (χ2n) is 8.00. The molecular weight excluding hydrogens is 442 g/mol. The summed E-state index contributed by atoms with van der Waals surface area (Å²) in [5.74, 6) is -0.719. The first kappa shape index (κ1) is 24.7. The molecule has 0 spiro atoms. The predicted molar refractivity (Wildman–Crippen MR) is 127 cm³/mol. The van der Waals surface area contributed by atoms with Gasteiger partial charge in [0, 0.05) is 42.9 Å². The van der Waals surface area contributed by atoms with Gasteiger partial charge < -0.3 is 41.7 Å². The Morgan fingerprint density at radius 3 is 2.32 bits per heavy atom. The first-order chi connectivity index (χ1) is 16.2. The van der Waals surface area contributed by atoms with Gasteiger partial charge in [-0.25, -0.2) is 0 Å². The van der Waals surface area contributed by atoms with Crippen molar-refractivity contribution < 1.29 is 34.1 Å². The second-order valence-corrected chi connectivity index (χ2v) is 8.00. The van der Waals surface area contributed by atoms with Crippen molar-refractivity contribution in [2.45, 2.75) is 38.5 Å². The highest BCUT2D eigenvalue weighted by atomic mass is 16.5. The number of hydrogen-bond donors (Lipinski definition) is 6. The molecule has 0 saturated carbocycles. The van der Waals surface area contributed by atoms with Gasteiger partial charge in [-0.05, 0) is 31.0 Å². The molecule has 1 aromatic heterocycles. The number of nitrogens with two attached hydrogens (primary N) is 3. The van der Waals surface area contributed by atoms with Gasteiger partial charge >= 0.3 is 0 Å². The minimum Gasteiger partial charge on any atom is -0.504 e. The molecule has 0 aliphatic heterocycles. The van der Waals surface area contributed by atoms with Gasteiger partial charge in [-0.15, -0.1) is 0 Å². The molecule has 2 aromatic carbocycles. The van der Waals surface area contributed by atoms with Crippen molar-refractivity contribution in [2.75, 3.05) is 24.7 Å². The van der Waals surface area contributed by atoms with Gasteiger partial charge in [0.05, 0.1) is 23.5 Å². The van der Waals surface area contributed by atoms with Crippen LogP contribution in [0.25, 0.3) is 11.0 Å². The number of benzene rings is 2. The number of nitrogen functional groups attached to an aromatic ring is 2. The molecule has 0 radical (unpaired) electrons. The molecule has 3 aromatic rings. The molecule has 182 valence electrons. The lowest BCUT2D eigenvalue weighted by molar-refractivity contribution is -0.118. The minimum atomic E-state index is -0.433. The van der Waals surface area contributed by atoms with Gasteiger partial charge in [0.25, 0.3) is 0 Å². The fourth-order valence-corrected chi connectivity index (χ4v) is 3.67. The maximum Gasteiger partial charge on any atom is 0.217 e. The summed E-state index contributed by atoms with van der Waals surface area (Å²) in [4.78, 5) is 24.4. The topological polar surface area (TPSA) is 195 Å². The van der Waals surface area contributed by atoms with Crippen molar-refractivity contribution in [1.29, 1.82) is 0 Å². The number of aliphatic hydroxyl groups excluding tert-OH is 1. The molecule has 0 fully saturated rings. The average molecular weight is 472 g/mol.